The Bertz CT molecular complexity index is 666. The summed E-state index contributed by atoms with van der Waals surface area (Å²) in [5.41, 5.74) is 1.41. The molecule has 1 aromatic rings. The van der Waals surface area contributed by atoms with Crippen LogP contribution in [-0.4, -0.2) is 36.0 Å². The van der Waals surface area contributed by atoms with Crippen molar-refractivity contribution in [2.45, 2.75) is 51.5 Å². The quantitative estimate of drug-likeness (QED) is 0.861. The zero-order valence-electron chi connectivity index (χ0n) is 15.5. The molecule has 2 aliphatic carbocycles. The van der Waals surface area contributed by atoms with Gasteiger partial charge in [0.1, 0.15) is 0 Å². The Balaban J connectivity index is 1.29. The molecule has 1 heterocycles. The maximum absolute atomic E-state index is 12.4. The van der Waals surface area contributed by atoms with Crippen LogP contribution in [0.25, 0.3) is 0 Å². The average molecular weight is 355 g/mol. The lowest BCUT2D eigenvalue weighted by molar-refractivity contribution is 0.0793. The number of nitrogens with one attached hydrogen (secondary N) is 2. The van der Waals surface area contributed by atoms with Crippen molar-refractivity contribution in [2.24, 2.45) is 17.8 Å². The standard InChI is InChI=1S/C21H29N3O2/c1-14(19-13-15-4-5-17(19)12-15)22-21(26)23-18-8-6-16(7-9-18)20(25)24-10-2-3-11-24/h6-9,14-15,17,19H,2-5,10-13H2,1H3,(H2,22,23,26)/t14-,15+,17+,19-/m1/s1. The topological polar surface area (TPSA) is 61.4 Å². The van der Waals surface area contributed by atoms with Gasteiger partial charge in [-0.05, 0) is 81.0 Å². The molecule has 3 aliphatic rings. The first kappa shape index (κ1) is 17.4. The number of hydrogen-bond donors (Lipinski definition) is 2. The zero-order valence-corrected chi connectivity index (χ0v) is 15.5. The monoisotopic (exact) mass is 355 g/mol. The van der Waals surface area contributed by atoms with Gasteiger partial charge in [-0.15, -0.1) is 0 Å². The van der Waals surface area contributed by atoms with Gasteiger partial charge >= 0.3 is 6.03 Å². The Labute approximate surface area is 155 Å². The third-order valence-corrected chi connectivity index (χ3v) is 6.58. The Morgan fingerprint density at radius 2 is 1.81 bits per heavy atom. The van der Waals surface area contributed by atoms with Crippen molar-refractivity contribution in [1.29, 1.82) is 0 Å². The van der Waals surface area contributed by atoms with Gasteiger partial charge in [-0.25, -0.2) is 4.79 Å². The van der Waals surface area contributed by atoms with Crippen molar-refractivity contribution in [3.8, 4) is 0 Å². The fraction of sp³-hybridized carbons (Fsp3) is 0.619. The number of rotatable bonds is 4. The highest BCUT2D eigenvalue weighted by molar-refractivity contribution is 5.95. The van der Waals surface area contributed by atoms with E-state index in [1.165, 1.54) is 25.7 Å². The summed E-state index contributed by atoms with van der Waals surface area (Å²) in [4.78, 5) is 26.6. The van der Waals surface area contributed by atoms with Crippen molar-refractivity contribution in [3.05, 3.63) is 29.8 Å². The molecule has 2 bridgehead atoms. The summed E-state index contributed by atoms with van der Waals surface area (Å²) in [6.07, 6.45) is 7.50. The summed E-state index contributed by atoms with van der Waals surface area (Å²) in [5, 5.41) is 6.01. The Morgan fingerprint density at radius 1 is 1.08 bits per heavy atom. The highest BCUT2D eigenvalue weighted by Gasteiger charge is 2.42. The first-order valence-corrected chi connectivity index (χ1v) is 10.1. The Morgan fingerprint density at radius 3 is 2.42 bits per heavy atom. The normalized spacial score (nSPS) is 28.2. The van der Waals surface area contributed by atoms with Crippen LogP contribution in [0.2, 0.25) is 0 Å². The number of hydrogen-bond acceptors (Lipinski definition) is 2. The lowest BCUT2D eigenvalue weighted by Crippen LogP contribution is -2.42. The second-order valence-corrected chi connectivity index (χ2v) is 8.30. The summed E-state index contributed by atoms with van der Waals surface area (Å²) >= 11 is 0. The minimum atomic E-state index is -0.154. The molecular formula is C21H29N3O2. The highest BCUT2D eigenvalue weighted by Crippen LogP contribution is 2.49. The van der Waals surface area contributed by atoms with E-state index in [9.17, 15) is 9.59 Å². The third-order valence-electron chi connectivity index (χ3n) is 6.58. The number of anilines is 1. The molecule has 140 valence electrons. The van der Waals surface area contributed by atoms with Gasteiger partial charge in [-0.3, -0.25) is 4.79 Å². The van der Waals surface area contributed by atoms with E-state index in [0.717, 1.165) is 43.5 Å². The molecule has 3 amide bonds. The zero-order chi connectivity index (χ0) is 18.1. The van der Waals surface area contributed by atoms with E-state index in [2.05, 4.69) is 17.6 Å². The number of fused-ring (bicyclic) bond motifs is 2. The number of nitrogens with zero attached hydrogens (tertiary/aromatic N) is 1. The first-order valence-electron chi connectivity index (χ1n) is 10.1. The van der Waals surface area contributed by atoms with Crippen LogP contribution in [0.1, 0.15) is 55.8 Å². The number of likely N-dealkylation sites (tertiary alicyclic amines) is 1. The molecule has 2 saturated carbocycles. The van der Waals surface area contributed by atoms with Crippen LogP contribution in [0.3, 0.4) is 0 Å². The molecule has 0 radical (unpaired) electrons. The van der Waals surface area contributed by atoms with Gasteiger partial charge in [0.2, 0.25) is 0 Å². The second kappa shape index (κ2) is 7.29. The molecule has 5 heteroatoms. The lowest BCUT2D eigenvalue weighted by Gasteiger charge is -2.28. The summed E-state index contributed by atoms with van der Waals surface area (Å²) in [6, 6.07) is 7.28. The molecule has 2 N–H and O–H groups in total. The average Bonchev–Trinajstić information content (AvgIpc) is 3.39. The van der Waals surface area contributed by atoms with Crippen molar-refractivity contribution < 1.29 is 9.59 Å². The predicted octanol–water partition coefficient (Wildman–Crippen LogP) is 3.87. The van der Waals surface area contributed by atoms with Crippen molar-refractivity contribution in [3.63, 3.8) is 0 Å². The molecule has 26 heavy (non-hydrogen) atoms. The maximum Gasteiger partial charge on any atom is 0.319 e. The largest absolute Gasteiger partial charge is 0.339 e. The number of urea groups is 1. The molecule has 1 aromatic carbocycles. The van der Waals surface area contributed by atoms with Crippen LogP contribution in [0.4, 0.5) is 10.5 Å². The lowest BCUT2D eigenvalue weighted by atomic mass is 9.84. The molecule has 4 atom stereocenters. The summed E-state index contributed by atoms with van der Waals surface area (Å²) in [5.74, 6) is 2.40. The molecule has 5 nitrogen and oxygen atoms in total. The molecule has 4 rings (SSSR count). The van der Waals surface area contributed by atoms with Gasteiger partial charge in [0.05, 0.1) is 0 Å². The smallest absolute Gasteiger partial charge is 0.319 e. The fourth-order valence-corrected chi connectivity index (χ4v) is 5.19. The van der Waals surface area contributed by atoms with E-state index >= 15 is 0 Å². The van der Waals surface area contributed by atoms with Crippen LogP contribution >= 0.6 is 0 Å². The SMILES string of the molecule is C[C@@H](NC(=O)Nc1ccc(C(=O)N2CCCC2)cc1)[C@H]1C[C@H]2CC[C@H]1C2. The van der Waals surface area contributed by atoms with E-state index in [1.807, 2.05) is 17.0 Å². The van der Waals surface area contributed by atoms with Crippen molar-refractivity contribution in [1.82, 2.24) is 10.2 Å². The van der Waals surface area contributed by atoms with Crippen LogP contribution in [0, 0.1) is 17.8 Å². The maximum atomic E-state index is 12.4. The molecule has 0 spiro atoms. The number of benzene rings is 1. The van der Waals surface area contributed by atoms with Gasteiger partial charge < -0.3 is 15.5 Å². The molecule has 1 saturated heterocycles. The van der Waals surface area contributed by atoms with Crippen LogP contribution in [0.5, 0.6) is 0 Å². The van der Waals surface area contributed by atoms with E-state index in [-0.39, 0.29) is 18.0 Å². The Kier molecular flexibility index (Phi) is 4.88. The predicted molar refractivity (Wildman–Crippen MR) is 102 cm³/mol. The minimum absolute atomic E-state index is 0.0865. The van der Waals surface area contributed by atoms with Crippen molar-refractivity contribution >= 4 is 17.6 Å². The van der Waals surface area contributed by atoms with Gasteiger partial charge in [0, 0.05) is 30.4 Å². The summed E-state index contributed by atoms with van der Waals surface area (Å²) in [6.45, 7) is 3.83. The van der Waals surface area contributed by atoms with E-state index < -0.39 is 0 Å². The van der Waals surface area contributed by atoms with Gasteiger partial charge in [0.25, 0.3) is 5.91 Å². The summed E-state index contributed by atoms with van der Waals surface area (Å²) in [7, 11) is 0. The van der Waals surface area contributed by atoms with E-state index in [1.54, 1.807) is 12.1 Å². The summed E-state index contributed by atoms with van der Waals surface area (Å²) < 4.78 is 0. The molecular weight excluding hydrogens is 326 g/mol. The number of carbonyl (C=O) groups is 2. The number of carbonyl (C=O) groups excluding carboxylic acids is 2. The van der Waals surface area contributed by atoms with Crippen LogP contribution in [-0.2, 0) is 0 Å². The van der Waals surface area contributed by atoms with Crippen LogP contribution in [0.15, 0.2) is 24.3 Å². The first-order chi connectivity index (χ1) is 12.6. The van der Waals surface area contributed by atoms with Gasteiger partial charge in [-0.2, -0.15) is 0 Å². The Hall–Kier alpha value is -2.04. The van der Waals surface area contributed by atoms with Crippen LogP contribution < -0.4 is 10.6 Å². The second-order valence-electron chi connectivity index (χ2n) is 8.30. The molecule has 1 aliphatic heterocycles. The number of amides is 3. The van der Waals surface area contributed by atoms with E-state index in [0.29, 0.717) is 11.5 Å². The molecule has 3 fully saturated rings. The molecule has 0 unspecified atom stereocenters. The van der Waals surface area contributed by atoms with Crippen molar-refractivity contribution in [2.75, 3.05) is 18.4 Å². The minimum Gasteiger partial charge on any atom is -0.339 e. The molecule has 0 aromatic heterocycles. The third kappa shape index (κ3) is 3.57. The van der Waals surface area contributed by atoms with E-state index in [4.69, 9.17) is 0 Å². The fourth-order valence-electron chi connectivity index (χ4n) is 5.19. The van der Waals surface area contributed by atoms with Gasteiger partial charge in [0.15, 0.2) is 0 Å². The highest BCUT2D eigenvalue weighted by atomic mass is 16.2. The van der Waals surface area contributed by atoms with Gasteiger partial charge in [-0.1, -0.05) is 6.42 Å².